The van der Waals surface area contributed by atoms with Crippen LogP contribution >= 0.6 is 11.6 Å². The van der Waals surface area contributed by atoms with E-state index in [0.717, 1.165) is 53.2 Å². The van der Waals surface area contributed by atoms with E-state index in [1.807, 2.05) is 23.0 Å². The summed E-state index contributed by atoms with van der Waals surface area (Å²) in [6.07, 6.45) is 12.0. The Bertz CT molecular complexity index is 1560. The standard InChI is InChI=1S/C30H29ClFN7/c31-25-13-22(35-29(19-5-7-21(32)8-6-19)27-16-39(38-37-27)23-9-10-23)12-24-28(20(14-33)15-34-30(24)25)36-26-11-17-1-3-18(26)4-2-17/h5-8,12-13,15-18,23,26,29,35H,1-4,9-11H2,(H,34,36). The maximum absolute atomic E-state index is 13.8. The fourth-order valence-corrected chi connectivity index (χ4v) is 6.68. The summed E-state index contributed by atoms with van der Waals surface area (Å²) in [5, 5.41) is 27.4. The number of rotatable bonds is 7. The molecule has 2 heterocycles. The lowest BCUT2D eigenvalue weighted by Gasteiger charge is -2.43. The summed E-state index contributed by atoms with van der Waals surface area (Å²) in [5.41, 5.74) is 4.32. The minimum Gasteiger partial charge on any atom is -0.380 e. The van der Waals surface area contributed by atoms with E-state index < -0.39 is 0 Å². The summed E-state index contributed by atoms with van der Waals surface area (Å²) in [4.78, 5) is 4.54. The first-order valence-electron chi connectivity index (χ1n) is 13.8. The van der Waals surface area contributed by atoms with Crippen molar-refractivity contribution in [3.05, 3.63) is 76.5 Å². The molecule has 2 atom stereocenters. The van der Waals surface area contributed by atoms with Gasteiger partial charge in [-0.05, 0) is 73.8 Å². The average molecular weight is 542 g/mol. The Balaban J connectivity index is 1.28. The van der Waals surface area contributed by atoms with E-state index in [-0.39, 0.29) is 11.9 Å². The molecule has 198 valence electrons. The maximum Gasteiger partial charge on any atom is 0.123 e. The van der Waals surface area contributed by atoms with E-state index >= 15 is 0 Å². The highest BCUT2D eigenvalue weighted by Crippen LogP contribution is 2.44. The molecule has 0 aliphatic heterocycles. The Morgan fingerprint density at radius 3 is 2.56 bits per heavy atom. The minimum absolute atomic E-state index is 0.296. The van der Waals surface area contributed by atoms with Crippen LogP contribution in [0.4, 0.5) is 15.8 Å². The number of benzene rings is 2. The second kappa shape index (κ2) is 9.80. The molecule has 8 rings (SSSR count). The summed E-state index contributed by atoms with van der Waals surface area (Å²) in [5.74, 6) is 1.08. The van der Waals surface area contributed by atoms with E-state index in [4.69, 9.17) is 11.6 Å². The van der Waals surface area contributed by atoms with Gasteiger partial charge >= 0.3 is 0 Å². The second-order valence-corrected chi connectivity index (χ2v) is 11.7. The highest BCUT2D eigenvalue weighted by atomic mass is 35.5. The minimum atomic E-state index is -0.371. The molecule has 0 saturated heterocycles. The molecule has 2 bridgehead atoms. The quantitative estimate of drug-likeness (QED) is 0.261. The molecule has 2 N–H and O–H groups in total. The van der Waals surface area contributed by atoms with Crippen molar-refractivity contribution in [3.63, 3.8) is 0 Å². The molecule has 4 saturated carbocycles. The van der Waals surface area contributed by atoms with Gasteiger partial charge in [-0.1, -0.05) is 41.8 Å². The summed E-state index contributed by atoms with van der Waals surface area (Å²) < 4.78 is 15.7. The van der Waals surface area contributed by atoms with Crippen LogP contribution in [0.5, 0.6) is 0 Å². The number of hydrogen-bond donors (Lipinski definition) is 2. The van der Waals surface area contributed by atoms with Crippen LogP contribution < -0.4 is 10.6 Å². The van der Waals surface area contributed by atoms with Gasteiger partial charge < -0.3 is 10.6 Å². The third-order valence-corrected chi connectivity index (χ3v) is 8.97. The van der Waals surface area contributed by atoms with E-state index in [1.165, 1.54) is 37.8 Å². The van der Waals surface area contributed by atoms with Gasteiger partial charge in [0, 0.05) is 23.3 Å². The van der Waals surface area contributed by atoms with Crippen LogP contribution in [0, 0.1) is 29.0 Å². The third-order valence-electron chi connectivity index (χ3n) is 8.68. The molecular formula is C30H29ClFN7. The van der Waals surface area contributed by atoms with E-state index in [2.05, 4.69) is 32.0 Å². The van der Waals surface area contributed by atoms with Crippen LogP contribution in [0.1, 0.15) is 73.9 Å². The van der Waals surface area contributed by atoms with E-state index in [1.54, 1.807) is 18.3 Å². The van der Waals surface area contributed by atoms with Crippen LogP contribution in [-0.2, 0) is 0 Å². The fourth-order valence-electron chi connectivity index (χ4n) is 6.41. The molecule has 9 heteroatoms. The topological polar surface area (TPSA) is 91.5 Å². The van der Waals surface area contributed by atoms with Crippen LogP contribution in [0.3, 0.4) is 0 Å². The van der Waals surface area contributed by atoms with Gasteiger partial charge in [-0.3, -0.25) is 4.98 Å². The fraction of sp³-hybridized carbons (Fsp3) is 0.400. The van der Waals surface area contributed by atoms with Gasteiger partial charge in [-0.2, -0.15) is 5.26 Å². The SMILES string of the molecule is N#Cc1cnc2c(Cl)cc(NC(c3ccc(F)cc3)c3cn(C4CC4)nn3)cc2c1NC1CC2CCC1CC2. The number of anilines is 2. The van der Waals surface area contributed by atoms with Gasteiger partial charge in [0.05, 0.1) is 40.1 Å². The predicted octanol–water partition coefficient (Wildman–Crippen LogP) is 7.02. The number of nitrogens with one attached hydrogen (secondary N) is 2. The Hall–Kier alpha value is -3.70. The predicted molar refractivity (Wildman–Crippen MR) is 149 cm³/mol. The lowest BCUT2D eigenvalue weighted by Crippen LogP contribution is -2.40. The molecule has 4 aliphatic rings. The van der Waals surface area contributed by atoms with Gasteiger partial charge in [0.25, 0.3) is 0 Å². The molecule has 39 heavy (non-hydrogen) atoms. The number of pyridine rings is 1. The monoisotopic (exact) mass is 541 g/mol. The van der Waals surface area contributed by atoms with Crippen molar-refractivity contribution in [2.75, 3.05) is 10.6 Å². The highest BCUT2D eigenvalue weighted by Gasteiger charge is 2.36. The Morgan fingerprint density at radius 1 is 1.08 bits per heavy atom. The van der Waals surface area contributed by atoms with Gasteiger partial charge in [0.1, 0.15) is 17.6 Å². The third kappa shape index (κ3) is 4.70. The smallest absolute Gasteiger partial charge is 0.123 e. The lowest BCUT2D eigenvalue weighted by molar-refractivity contribution is 0.158. The number of fused-ring (bicyclic) bond motifs is 4. The highest BCUT2D eigenvalue weighted by molar-refractivity contribution is 6.35. The van der Waals surface area contributed by atoms with Crippen molar-refractivity contribution < 1.29 is 4.39 Å². The number of halogens is 2. The van der Waals surface area contributed by atoms with Crippen molar-refractivity contribution in [3.8, 4) is 6.07 Å². The number of aromatic nitrogens is 4. The van der Waals surface area contributed by atoms with Crippen molar-refractivity contribution in [1.82, 2.24) is 20.0 Å². The summed E-state index contributed by atoms with van der Waals surface area (Å²) >= 11 is 6.79. The summed E-state index contributed by atoms with van der Waals surface area (Å²) in [6.45, 7) is 0. The first-order chi connectivity index (χ1) is 19.1. The maximum atomic E-state index is 13.8. The Kier molecular flexibility index (Phi) is 6.12. The van der Waals surface area contributed by atoms with Crippen molar-refractivity contribution >= 4 is 33.9 Å². The zero-order valence-corrected chi connectivity index (χ0v) is 22.2. The summed E-state index contributed by atoms with van der Waals surface area (Å²) in [6, 6.07) is 13.0. The van der Waals surface area contributed by atoms with Crippen LogP contribution in [-0.4, -0.2) is 26.0 Å². The first-order valence-corrected chi connectivity index (χ1v) is 14.2. The van der Waals surface area contributed by atoms with Crippen LogP contribution in [0.15, 0.2) is 48.8 Å². The van der Waals surface area contributed by atoms with Crippen LogP contribution in [0.2, 0.25) is 5.02 Å². The molecule has 2 aromatic carbocycles. The van der Waals surface area contributed by atoms with E-state index in [0.29, 0.717) is 34.1 Å². The molecule has 4 aliphatic carbocycles. The summed E-state index contributed by atoms with van der Waals surface area (Å²) in [7, 11) is 0. The van der Waals surface area contributed by atoms with Gasteiger partial charge in [-0.15, -0.1) is 5.10 Å². The zero-order chi connectivity index (χ0) is 26.5. The molecule has 4 fully saturated rings. The van der Waals surface area contributed by atoms with Crippen molar-refractivity contribution in [1.29, 1.82) is 5.26 Å². The first kappa shape index (κ1) is 24.3. The number of nitrogens with zero attached hydrogens (tertiary/aromatic N) is 5. The molecule has 7 nitrogen and oxygen atoms in total. The molecule has 0 spiro atoms. The van der Waals surface area contributed by atoms with Crippen molar-refractivity contribution in [2.24, 2.45) is 11.8 Å². The zero-order valence-electron chi connectivity index (χ0n) is 21.4. The van der Waals surface area contributed by atoms with Gasteiger partial charge in [0.2, 0.25) is 0 Å². The van der Waals surface area contributed by atoms with Gasteiger partial charge in [-0.25, -0.2) is 9.07 Å². The molecular weight excluding hydrogens is 513 g/mol. The number of nitriles is 1. The lowest BCUT2D eigenvalue weighted by atomic mass is 9.68. The van der Waals surface area contributed by atoms with Crippen LogP contribution in [0.25, 0.3) is 10.9 Å². The average Bonchev–Trinajstić information content (AvgIpc) is 3.70. The number of hydrogen-bond acceptors (Lipinski definition) is 6. The largest absolute Gasteiger partial charge is 0.380 e. The Labute approximate surface area is 231 Å². The molecule has 0 amide bonds. The molecule has 2 aromatic heterocycles. The van der Waals surface area contributed by atoms with Crippen molar-refractivity contribution in [2.45, 2.75) is 63.1 Å². The Morgan fingerprint density at radius 2 is 1.87 bits per heavy atom. The second-order valence-electron chi connectivity index (χ2n) is 11.3. The molecule has 2 unspecified atom stereocenters. The molecule has 0 radical (unpaired) electrons. The normalized spacial score (nSPS) is 22.9. The van der Waals surface area contributed by atoms with E-state index in [9.17, 15) is 9.65 Å². The molecule has 4 aromatic rings. The van der Waals surface area contributed by atoms with Gasteiger partial charge in [0.15, 0.2) is 0 Å².